The average molecular weight is 434 g/mol. The summed E-state index contributed by atoms with van der Waals surface area (Å²) in [6.07, 6.45) is 1.81. The van der Waals surface area contributed by atoms with Gasteiger partial charge in [0, 0.05) is 34.7 Å². The van der Waals surface area contributed by atoms with Crippen molar-refractivity contribution in [3.63, 3.8) is 0 Å². The van der Waals surface area contributed by atoms with E-state index in [1.807, 2.05) is 68.6 Å². The molecule has 158 valence electrons. The number of pyridine rings is 1. The van der Waals surface area contributed by atoms with Gasteiger partial charge in [-0.2, -0.15) is 0 Å². The number of nitrogens with zero attached hydrogens (tertiary/aromatic N) is 3. The number of thioether (sulfide) groups is 1. The number of ether oxygens (including phenoxy) is 2. The fourth-order valence-electron chi connectivity index (χ4n) is 3.52. The minimum atomic E-state index is -0.123. The third-order valence-corrected chi connectivity index (χ3v) is 6.09. The van der Waals surface area contributed by atoms with E-state index in [0.29, 0.717) is 27.7 Å². The third kappa shape index (κ3) is 4.01. The Hall–Kier alpha value is -3.32. The maximum absolute atomic E-state index is 13.4. The van der Waals surface area contributed by atoms with E-state index in [-0.39, 0.29) is 5.91 Å². The summed E-state index contributed by atoms with van der Waals surface area (Å²) in [7, 11) is 3.28. The number of carbonyl (C=O) groups is 1. The van der Waals surface area contributed by atoms with Crippen LogP contribution in [0.3, 0.4) is 0 Å². The van der Waals surface area contributed by atoms with E-state index < -0.39 is 0 Å². The molecule has 4 aromatic rings. The normalized spacial score (nSPS) is 11.0. The lowest BCUT2D eigenvalue weighted by molar-refractivity contribution is 0.0955. The highest BCUT2D eigenvalue weighted by atomic mass is 32.2. The number of hydrogen-bond acceptors (Lipinski definition) is 6. The molecule has 0 atom stereocenters. The molecule has 6 nitrogen and oxygen atoms in total. The summed E-state index contributed by atoms with van der Waals surface area (Å²) in [6, 6.07) is 14.8. The Balaban J connectivity index is 1.76. The number of benzene rings is 2. The Labute approximate surface area is 185 Å². The van der Waals surface area contributed by atoms with Crippen LogP contribution in [0.15, 0.2) is 59.9 Å². The van der Waals surface area contributed by atoms with Crippen LogP contribution in [0.1, 0.15) is 27.2 Å². The predicted octanol–water partition coefficient (Wildman–Crippen LogP) is 5.05. The van der Waals surface area contributed by atoms with Gasteiger partial charge >= 0.3 is 0 Å². The molecule has 0 N–H and O–H groups in total. The summed E-state index contributed by atoms with van der Waals surface area (Å²) < 4.78 is 12.5. The van der Waals surface area contributed by atoms with Gasteiger partial charge in [-0.3, -0.25) is 14.3 Å². The van der Waals surface area contributed by atoms with Crippen molar-refractivity contribution < 1.29 is 14.3 Å². The molecule has 0 aliphatic heterocycles. The molecule has 0 spiro atoms. The van der Waals surface area contributed by atoms with Crippen molar-refractivity contribution in [3.8, 4) is 11.5 Å². The monoisotopic (exact) mass is 433 g/mol. The second-order valence-electron chi connectivity index (χ2n) is 7.09. The molecule has 0 aliphatic carbocycles. The molecule has 0 amide bonds. The number of rotatable bonds is 6. The van der Waals surface area contributed by atoms with Crippen LogP contribution in [0.4, 0.5) is 0 Å². The Morgan fingerprint density at radius 3 is 2.55 bits per heavy atom. The van der Waals surface area contributed by atoms with Gasteiger partial charge in [-0.05, 0) is 38.1 Å². The zero-order valence-corrected chi connectivity index (χ0v) is 18.7. The number of fused-ring (bicyclic) bond motifs is 1. The molecule has 2 aromatic carbocycles. The third-order valence-electron chi connectivity index (χ3n) is 5.14. The van der Waals surface area contributed by atoms with Crippen molar-refractivity contribution in [2.75, 3.05) is 14.2 Å². The average Bonchev–Trinajstić information content (AvgIpc) is 3.16. The lowest BCUT2D eigenvalue weighted by Gasteiger charge is -2.12. The smallest absolute Gasteiger partial charge is 0.264 e. The van der Waals surface area contributed by atoms with Gasteiger partial charge in [-0.25, -0.2) is 4.98 Å². The van der Waals surface area contributed by atoms with E-state index in [9.17, 15) is 4.79 Å². The van der Waals surface area contributed by atoms with Crippen molar-refractivity contribution in [1.82, 2.24) is 14.5 Å². The molecule has 0 saturated heterocycles. The Kier molecular flexibility index (Phi) is 5.95. The van der Waals surface area contributed by atoms with Crippen LogP contribution < -0.4 is 9.47 Å². The van der Waals surface area contributed by atoms with Gasteiger partial charge in [0.1, 0.15) is 11.5 Å². The minimum absolute atomic E-state index is 0.123. The summed E-state index contributed by atoms with van der Waals surface area (Å²) in [6.45, 7) is 3.97. The van der Waals surface area contributed by atoms with Crippen LogP contribution in [0.5, 0.6) is 11.5 Å². The van der Waals surface area contributed by atoms with Crippen molar-refractivity contribution in [3.05, 3.63) is 77.1 Å². The SMILES string of the molecule is COc1ccc2c(c1)nc(SCc1ncc(C)c(OC)c1C)n2C(=O)c1ccccc1. The fraction of sp³-hybridized carbons (Fsp3) is 0.208. The highest BCUT2D eigenvalue weighted by Crippen LogP contribution is 2.32. The van der Waals surface area contributed by atoms with Gasteiger partial charge in [0.25, 0.3) is 5.91 Å². The lowest BCUT2D eigenvalue weighted by atomic mass is 10.1. The highest BCUT2D eigenvalue weighted by Gasteiger charge is 2.20. The molecule has 31 heavy (non-hydrogen) atoms. The first-order valence-electron chi connectivity index (χ1n) is 9.81. The van der Waals surface area contributed by atoms with Crippen LogP contribution >= 0.6 is 11.8 Å². The first-order valence-corrected chi connectivity index (χ1v) is 10.8. The molecule has 0 unspecified atom stereocenters. The highest BCUT2D eigenvalue weighted by molar-refractivity contribution is 7.98. The van der Waals surface area contributed by atoms with Gasteiger partial charge in [0.15, 0.2) is 5.16 Å². The molecule has 0 radical (unpaired) electrons. The van der Waals surface area contributed by atoms with Gasteiger partial charge in [-0.15, -0.1) is 0 Å². The summed E-state index contributed by atoms with van der Waals surface area (Å²) in [5, 5.41) is 0.609. The lowest BCUT2D eigenvalue weighted by Crippen LogP contribution is -2.13. The van der Waals surface area contributed by atoms with Crippen LogP contribution in [-0.4, -0.2) is 34.7 Å². The second-order valence-corrected chi connectivity index (χ2v) is 8.03. The number of carbonyl (C=O) groups excluding carboxylic acids is 1. The molecule has 0 aliphatic rings. The molecule has 0 bridgehead atoms. The van der Waals surface area contributed by atoms with E-state index in [2.05, 4.69) is 4.98 Å². The van der Waals surface area contributed by atoms with Gasteiger partial charge in [0.2, 0.25) is 0 Å². The summed E-state index contributed by atoms with van der Waals surface area (Å²) in [4.78, 5) is 22.7. The van der Waals surface area contributed by atoms with Crippen molar-refractivity contribution in [2.24, 2.45) is 0 Å². The van der Waals surface area contributed by atoms with Crippen molar-refractivity contribution in [2.45, 2.75) is 24.8 Å². The quantitative estimate of drug-likeness (QED) is 0.397. The zero-order chi connectivity index (χ0) is 22.0. The van der Waals surface area contributed by atoms with Crippen molar-refractivity contribution in [1.29, 1.82) is 0 Å². The minimum Gasteiger partial charge on any atom is -0.497 e. The van der Waals surface area contributed by atoms with Crippen LogP contribution in [-0.2, 0) is 5.75 Å². The summed E-state index contributed by atoms with van der Waals surface area (Å²) >= 11 is 1.47. The Morgan fingerprint density at radius 1 is 1.06 bits per heavy atom. The maximum atomic E-state index is 13.4. The molecular formula is C24H23N3O3S. The van der Waals surface area contributed by atoms with E-state index >= 15 is 0 Å². The van der Waals surface area contributed by atoms with Crippen LogP contribution in [0.25, 0.3) is 11.0 Å². The van der Waals surface area contributed by atoms with Gasteiger partial charge < -0.3 is 9.47 Å². The summed E-state index contributed by atoms with van der Waals surface area (Å²) in [5.41, 5.74) is 4.93. The van der Waals surface area contributed by atoms with Gasteiger partial charge in [-0.1, -0.05) is 30.0 Å². The number of imidazole rings is 1. The molecular weight excluding hydrogens is 410 g/mol. The molecule has 4 rings (SSSR count). The standard InChI is InChI=1S/C24H23N3O3S/c1-15-13-25-20(16(2)22(15)30-4)14-31-24-26-19-12-18(29-3)10-11-21(19)27(24)23(28)17-8-6-5-7-9-17/h5-13H,14H2,1-4H3. The van der Waals surface area contributed by atoms with Crippen LogP contribution in [0.2, 0.25) is 0 Å². The second kappa shape index (κ2) is 8.81. The van der Waals surface area contributed by atoms with E-state index in [1.165, 1.54) is 11.8 Å². The predicted molar refractivity (Wildman–Crippen MR) is 122 cm³/mol. The number of hydrogen-bond donors (Lipinski definition) is 0. The Morgan fingerprint density at radius 2 is 1.84 bits per heavy atom. The molecule has 0 fully saturated rings. The number of methoxy groups -OCH3 is 2. The molecule has 7 heteroatoms. The zero-order valence-electron chi connectivity index (χ0n) is 17.9. The number of aryl methyl sites for hydroxylation is 1. The van der Waals surface area contributed by atoms with Gasteiger partial charge in [0.05, 0.1) is 30.9 Å². The Bertz CT molecular complexity index is 1250. The largest absolute Gasteiger partial charge is 0.497 e. The van der Waals surface area contributed by atoms with E-state index in [0.717, 1.165) is 28.1 Å². The molecule has 0 saturated carbocycles. The van der Waals surface area contributed by atoms with Crippen LogP contribution in [0, 0.1) is 13.8 Å². The first kappa shape index (κ1) is 20.9. The van der Waals surface area contributed by atoms with E-state index in [4.69, 9.17) is 14.5 Å². The first-order chi connectivity index (χ1) is 15.0. The summed E-state index contributed by atoms with van der Waals surface area (Å²) in [5.74, 6) is 1.97. The van der Waals surface area contributed by atoms with Crippen molar-refractivity contribution >= 4 is 28.7 Å². The fourth-order valence-corrected chi connectivity index (χ4v) is 4.55. The number of aromatic nitrogens is 3. The van der Waals surface area contributed by atoms with E-state index in [1.54, 1.807) is 18.8 Å². The topological polar surface area (TPSA) is 66.2 Å². The maximum Gasteiger partial charge on any atom is 0.264 e. The molecule has 2 aromatic heterocycles. The molecule has 2 heterocycles.